The predicted molar refractivity (Wildman–Crippen MR) is 76.2 cm³/mol. The fraction of sp³-hybridized carbons (Fsp3) is 0.176. The lowest BCUT2D eigenvalue weighted by molar-refractivity contribution is 0.290. The molecule has 2 aromatic carbocycles. The van der Waals surface area contributed by atoms with Crippen LogP contribution >= 0.6 is 0 Å². The van der Waals surface area contributed by atoms with Gasteiger partial charge in [-0.15, -0.1) is 0 Å². The fourth-order valence-corrected chi connectivity index (χ4v) is 1.56. The molecule has 0 aliphatic carbocycles. The van der Waals surface area contributed by atoms with Crippen LogP contribution in [0.25, 0.3) is 0 Å². The quantitative estimate of drug-likeness (QED) is 0.665. The van der Waals surface area contributed by atoms with Crippen LogP contribution in [0.15, 0.2) is 54.6 Å². The standard InChI is InChI=1S/C17H16O2/c18-14-6-2-3-7-15-10-12-17(13-11-15)19-16-8-4-1-5-9-16/h1,4-5,8-13,18H,2,6,14H2. The van der Waals surface area contributed by atoms with Crippen molar-refractivity contribution in [2.75, 3.05) is 6.61 Å². The Morgan fingerprint density at radius 1 is 0.895 bits per heavy atom. The Hall–Kier alpha value is -2.24. The summed E-state index contributed by atoms with van der Waals surface area (Å²) in [7, 11) is 0. The monoisotopic (exact) mass is 252 g/mol. The van der Waals surface area contributed by atoms with E-state index in [0.717, 1.165) is 29.9 Å². The van der Waals surface area contributed by atoms with Gasteiger partial charge in [-0.3, -0.25) is 0 Å². The van der Waals surface area contributed by atoms with Gasteiger partial charge in [0.2, 0.25) is 0 Å². The van der Waals surface area contributed by atoms with E-state index in [-0.39, 0.29) is 6.61 Å². The van der Waals surface area contributed by atoms with E-state index in [1.165, 1.54) is 0 Å². The number of benzene rings is 2. The molecule has 0 bridgehead atoms. The Labute approximate surface area is 113 Å². The van der Waals surface area contributed by atoms with Gasteiger partial charge in [0, 0.05) is 18.6 Å². The van der Waals surface area contributed by atoms with Gasteiger partial charge < -0.3 is 9.84 Å². The van der Waals surface area contributed by atoms with E-state index in [0.29, 0.717) is 0 Å². The van der Waals surface area contributed by atoms with E-state index in [1.807, 2.05) is 54.6 Å². The van der Waals surface area contributed by atoms with E-state index < -0.39 is 0 Å². The molecule has 0 saturated heterocycles. The molecule has 2 rings (SSSR count). The van der Waals surface area contributed by atoms with Crippen molar-refractivity contribution in [1.29, 1.82) is 0 Å². The second-order valence-electron chi connectivity index (χ2n) is 4.07. The van der Waals surface area contributed by atoms with Gasteiger partial charge >= 0.3 is 0 Å². The van der Waals surface area contributed by atoms with Gasteiger partial charge in [-0.2, -0.15) is 0 Å². The lowest BCUT2D eigenvalue weighted by atomic mass is 10.2. The van der Waals surface area contributed by atoms with Crippen molar-refractivity contribution < 1.29 is 9.84 Å². The molecule has 0 amide bonds. The van der Waals surface area contributed by atoms with Crippen LogP contribution in [0.4, 0.5) is 0 Å². The van der Waals surface area contributed by atoms with Crippen molar-refractivity contribution >= 4 is 0 Å². The Morgan fingerprint density at radius 3 is 2.26 bits per heavy atom. The van der Waals surface area contributed by atoms with Gasteiger partial charge in [0.05, 0.1) is 0 Å². The molecule has 0 atom stereocenters. The first kappa shape index (κ1) is 13.2. The van der Waals surface area contributed by atoms with Crippen LogP contribution in [0.3, 0.4) is 0 Å². The van der Waals surface area contributed by atoms with Crippen LogP contribution < -0.4 is 4.74 Å². The molecular formula is C17H16O2. The van der Waals surface area contributed by atoms with E-state index in [1.54, 1.807) is 0 Å². The molecule has 1 N–H and O–H groups in total. The third-order valence-corrected chi connectivity index (χ3v) is 2.53. The number of aliphatic hydroxyl groups is 1. The minimum Gasteiger partial charge on any atom is -0.457 e. The zero-order valence-electron chi connectivity index (χ0n) is 10.7. The molecule has 19 heavy (non-hydrogen) atoms. The van der Waals surface area contributed by atoms with Crippen LogP contribution in [0, 0.1) is 11.8 Å². The van der Waals surface area contributed by atoms with Gasteiger partial charge in [-0.05, 0) is 42.8 Å². The summed E-state index contributed by atoms with van der Waals surface area (Å²) in [6.07, 6.45) is 1.45. The van der Waals surface area contributed by atoms with Crippen LogP contribution in [0.1, 0.15) is 18.4 Å². The highest BCUT2D eigenvalue weighted by Crippen LogP contribution is 2.20. The number of ether oxygens (including phenoxy) is 1. The molecule has 0 radical (unpaired) electrons. The lowest BCUT2D eigenvalue weighted by Crippen LogP contribution is -1.84. The molecule has 0 spiro atoms. The second kappa shape index (κ2) is 7.25. The van der Waals surface area contributed by atoms with Crippen LogP contribution in [0.2, 0.25) is 0 Å². The van der Waals surface area contributed by atoms with Gasteiger partial charge in [-0.1, -0.05) is 30.0 Å². The van der Waals surface area contributed by atoms with Gasteiger partial charge in [0.15, 0.2) is 0 Å². The average Bonchev–Trinajstić information content (AvgIpc) is 2.46. The van der Waals surface area contributed by atoms with Gasteiger partial charge in [0.25, 0.3) is 0 Å². The molecule has 2 nitrogen and oxygen atoms in total. The normalized spacial score (nSPS) is 9.53. The minimum atomic E-state index is 0.193. The van der Waals surface area contributed by atoms with Crippen molar-refractivity contribution in [2.24, 2.45) is 0 Å². The van der Waals surface area contributed by atoms with E-state index in [2.05, 4.69) is 11.8 Å². The molecule has 0 fully saturated rings. The minimum absolute atomic E-state index is 0.193. The average molecular weight is 252 g/mol. The van der Waals surface area contributed by atoms with Crippen LogP contribution in [-0.2, 0) is 0 Å². The highest BCUT2D eigenvalue weighted by Gasteiger charge is 1.95. The Bertz CT molecular complexity index is 547. The highest BCUT2D eigenvalue weighted by molar-refractivity contribution is 5.39. The second-order valence-corrected chi connectivity index (χ2v) is 4.07. The van der Waals surface area contributed by atoms with Crippen molar-refractivity contribution in [3.8, 4) is 23.3 Å². The van der Waals surface area contributed by atoms with Crippen molar-refractivity contribution in [1.82, 2.24) is 0 Å². The van der Waals surface area contributed by atoms with Crippen LogP contribution in [0.5, 0.6) is 11.5 Å². The summed E-state index contributed by atoms with van der Waals surface area (Å²) in [5.74, 6) is 7.70. The molecule has 0 aromatic heterocycles. The number of rotatable bonds is 4. The highest BCUT2D eigenvalue weighted by atomic mass is 16.5. The van der Waals surface area contributed by atoms with Crippen molar-refractivity contribution in [3.05, 3.63) is 60.2 Å². The Balaban J connectivity index is 1.96. The molecule has 0 unspecified atom stereocenters. The smallest absolute Gasteiger partial charge is 0.127 e. The zero-order valence-corrected chi connectivity index (χ0v) is 10.7. The maximum Gasteiger partial charge on any atom is 0.127 e. The number of hydrogen-bond donors (Lipinski definition) is 1. The van der Waals surface area contributed by atoms with Gasteiger partial charge in [0.1, 0.15) is 11.5 Å². The summed E-state index contributed by atoms with van der Waals surface area (Å²) < 4.78 is 5.70. The summed E-state index contributed by atoms with van der Waals surface area (Å²) in [6, 6.07) is 17.4. The molecule has 96 valence electrons. The molecule has 0 heterocycles. The molecule has 2 aromatic rings. The largest absolute Gasteiger partial charge is 0.457 e. The fourth-order valence-electron chi connectivity index (χ4n) is 1.56. The van der Waals surface area contributed by atoms with E-state index >= 15 is 0 Å². The maximum absolute atomic E-state index is 8.66. The van der Waals surface area contributed by atoms with Crippen LogP contribution in [-0.4, -0.2) is 11.7 Å². The summed E-state index contributed by atoms with van der Waals surface area (Å²) in [5.41, 5.74) is 0.957. The number of para-hydroxylation sites is 1. The SMILES string of the molecule is OCCCC#Cc1ccc(Oc2ccccc2)cc1. The molecule has 0 saturated carbocycles. The maximum atomic E-state index is 8.66. The Morgan fingerprint density at radius 2 is 1.58 bits per heavy atom. The summed E-state index contributed by atoms with van der Waals surface area (Å²) in [6.45, 7) is 0.193. The molecule has 0 aliphatic heterocycles. The first-order chi connectivity index (χ1) is 9.38. The first-order valence-corrected chi connectivity index (χ1v) is 6.31. The van der Waals surface area contributed by atoms with Crippen molar-refractivity contribution in [2.45, 2.75) is 12.8 Å². The number of aliphatic hydroxyl groups excluding tert-OH is 1. The lowest BCUT2D eigenvalue weighted by Gasteiger charge is -2.04. The third-order valence-electron chi connectivity index (χ3n) is 2.53. The zero-order chi connectivity index (χ0) is 13.3. The Kier molecular flexibility index (Phi) is 5.04. The first-order valence-electron chi connectivity index (χ1n) is 6.31. The topological polar surface area (TPSA) is 29.5 Å². The number of hydrogen-bond acceptors (Lipinski definition) is 2. The number of unbranched alkanes of at least 4 members (excludes halogenated alkanes) is 1. The summed E-state index contributed by atoms with van der Waals surface area (Å²) in [4.78, 5) is 0. The third kappa shape index (κ3) is 4.50. The van der Waals surface area contributed by atoms with E-state index in [4.69, 9.17) is 9.84 Å². The predicted octanol–water partition coefficient (Wildman–Crippen LogP) is 3.60. The molecular weight excluding hydrogens is 236 g/mol. The molecule has 0 aliphatic rings. The van der Waals surface area contributed by atoms with Crippen molar-refractivity contribution in [3.63, 3.8) is 0 Å². The summed E-state index contributed by atoms with van der Waals surface area (Å²) >= 11 is 0. The van der Waals surface area contributed by atoms with Gasteiger partial charge in [-0.25, -0.2) is 0 Å². The van der Waals surface area contributed by atoms with E-state index in [9.17, 15) is 0 Å². The summed E-state index contributed by atoms with van der Waals surface area (Å²) in [5, 5.41) is 8.66. The molecule has 2 heteroatoms.